The summed E-state index contributed by atoms with van der Waals surface area (Å²) in [7, 11) is -3.85. The van der Waals surface area contributed by atoms with Gasteiger partial charge in [-0.2, -0.15) is 4.99 Å². The van der Waals surface area contributed by atoms with Crippen LogP contribution in [0.5, 0.6) is 5.75 Å². The van der Waals surface area contributed by atoms with Crippen LogP contribution in [0.2, 0.25) is 5.02 Å². The summed E-state index contributed by atoms with van der Waals surface area (Å²) in [5, 5.41) is 0.433. The van der Waals surface area contributed by atoms with Gasteiger partial charge in [-0.15, -0.1) is 6.58 Å². The summed E-state index contributed by atoms with van der Waals surface area (Å²) in [6.45, 7) is 6.75. The van der Waals surface area contributed by atoms with Crippen molar-refractivity contribution in [1.29, 1.82) is 0 Å². The van der Waals surface area contributed by atoms with E-state index in [0.717, 1.165) is 16.0 Å². The molecule has 1 heterocycles. The second-order valence-electron chi connectivity index (χ2n) is 7.40. The monoisotopic (exact) mass is 527 g/mol. The van der Waals surface area contributed by atoms with Crippen LogP contribution >= 0.6 is 22.9 Å². The molecule has 0 radical (unpaired) electrons. The van der Waals surface area contributed by atoms with Crippen LogP contribution in [-0.4, -0.2) is 25.5 Å². The van der Waals surface area contributed by atoms with E-state index in [-0.39, 0.29) is 16.1 Å². The number of halogens is 1. The molecular weight excluding hydrogens is 506 g/mol. The summed E-state index contributed by atoms with van der Waals surface area (Å²) in [5.41, 5.74) is 1.41. The third kappa shape index (κ3) is 5.64. The van der Waals surface area contributed by atoms with E-state index in [2.05, 4.69) is 16.3 Å². The lowest BCUT2D eigenvalue weighted by atomic mass is 10.2. The van der Waals surface area contributed by atoms with Crippen molar-refractivity contribution in [2.75, 3.05) is 11.3 Å². The van der Waals surface area contributed by atoms with Gasteiger partial charge in [0.05, 0.1) is 21.7 Å². The summed E-state index contributed by atoms with van der Waals surface area (Å²) in [6, 6.07) is 17.7. The molecule has 0 aliphatic carbocycles. The molecule has 10 heteroatoms. The van der Waals surface area contributed by atoms with Gasteiger partial charge >= 0.3 is 0 Å². The maximum Gasteiger partial charge on any atom is 0.279 e. The van der Waals surface area contributed by atoms with Crippen molar-refractivity contribution in [3.05, 3.63) is 94.8 Å². The summed E-state index contributed by atoms with van der Waals surface area (Å²) in [4.78, 5) is 17.9. The smallest absolute Gasteiger partial charge is 0.279 e. The summed E-state index contributed by atoms with van der Waals surface area (Å²) in [5.74, 6) is 0.248. The first-order valence-electron chi connectivity index (χ1n) is 10.7. The van der Waals surface area contributed by atoms with Crippen LogP contribution in [0.25, 0.3) is 10.2 Å². The van der Waals surface area contributed by atoms with E-state index in [1.165, 1.54) is 41.7 Å². The number of fused-ring (bicyclic) bond motifs is 1. The summed E-state index contributed by atoms with van der Waals surface area (Å²) < 4.78 is 36.3. The molecule has 4 rings (SSSR count). The molecule has 0 unspecified atom stereocenters. The molecular formula is C25H22ClN3O4S2. The van der Waals surface area contributed by atoms with Crippen molar-refractivity contribution < 1.29 is 17.9 Å². The number of carbonyl (C=O) groups is 1. The Balaban J connectivity index is 1.66. The molecule has 0 aliphatic heterocycles. The van der Waals surface area contributed by atoms with Crippen molar-refractivity contribution in [2.45, 2.75) is 18.4 Å². The van der Waals surface area contributed by atoms with Crippen molar-refractivity contribution in [3.63, 3.8) is 0 Å². The maximum absolute atomic E-state index is 13.0. The van der Waals surface area contributed by atoms with Gasteiger partial charge in [-0.3, -0.25) is 9.52 Å². The lowest BCUT2D eigenvalue weighted by Gasteiger charge is -2.09. The van der Waals surface area contributed by atoms with Gasteiger partial charge in [-0.05, 0) is 67.6 Å². The zero-order chi connectivity index (χ0) is 25.0. The Morgan fingerprint density at radius 2 is 1.94 bits per heavy atom. The number of carbonyl (C=O) groups excluding carboxylic acids is 1. The normalized spacial score (nSPS) is 12.0. The van der Waals surface area contributed by atoms with Gasteiger partial charge < -0.3 is 9.30 Å². The van der Waals surface area contributed by atoms with Crippen LogP contribution < -0.4 is 14.3 Å². The Morgan fingerprint density at radius 3 is 2.66 bits per heavy atom. The minimum Gasteiger partial charge on any atom is -0.494 e. The number of hydrogen-bond acceptors (Lipinski definition) is 5. The van der Waals surface area contributed by atoms with Crippen LogP contribution in [0.3, 0.4) is 0 Å². The third-order valence-corrected chi connectivity index (χ3v) is 7.65. The molecule has 0 bridgehead atoms. The lowest BCUT2D eigenvalue weighted by molar-refractivity contribution is 0.0998. The average Bonchev–Trinajstić information content (AvgIpc) is 3.16. The molecule has 0 spiro atoms. The molecule has 1 N–H and O–H groups in total. The number of aromatic nitrogens is 1. The largest absolute Gasteiger partial charge is 0.494 e. The number of thiazole rings is 1. The minimum atomic E-state index is -3.85. The van der Waals surface area contributed by atoms with E-state index in [4.69, 9.17) is 16.3 Å². The van der Waals surface area contributed by atoms with Crippen molar-refractivity contribution in [3.8, 4) is 5.75 Å². The molecule has 1 amide bonds. The molecule has 7 nitrogen and oxygen atoms in total. The topological polar surface area (TPSA) is 89.8 Å². The minimum absolute atomic E-state index is 0.0606. The van der Waals surface area contributed by atoms with E-state index in [9.17, 15) is 13.2 Å². The lowest BCUT2D eigenvalue weighted by Crippen LogP contribution is -2.16. The Bertz CT molecular complexity index is 1570. The number of rotatable bonds is 8. The van der Waals surface area contributed by atoms with Crippen LogP contribution in [0.15, 0.2) is 89.3 Å². The Kier molecular flexibility index (Phi) is 7.39. The molecule has 1 aromatic heterocycles. The fourth-order valence-corrected chi connectivity index (χ4v) is 5.64. The maximum atomic E-state index is 13.0. The van der Waals surface area contributed by atoms with Crippen LogP contribution in [0, 0.1) is 0 Å². The van der Waals surface area contributed by atoms with Crippen molar-refractivity contribution in [2.24, 2.45) is 4.99 Å². The number of nitrogens with one attached hydrogen (secondary N) is 1. The van der Waals surface area contributed by atoms with E-state index in [1.54, 1.807) is 24.3 Å². The van der Waals surface area contributed by atoms with Gasteiger partial charge in [0.2, 0.25) is 0 Å². The molecule has 0 aliphatic rings. The summed E-state index contributed by atoms with van der Waals surface area (Å²) in [6.07, 6.45) is 1.73. The average molecular weight is 528 g/mol. The fraction of sp³-hybridized carbons (Fsp3) is 0.120. The van der Waals surface area contributed by atoms with Gasteiger partial charge in [-0.1, -0.05) is 35.1 Å². The predicted octanol–water partition coefficient (Wildman–Crippen LogP) is 5.48. The highest BCUT2D eigenvalue weighted by molar-refractivity contribution is 7.92. The molecule has 0 saturated heterocycles. The number of benzene rings is 3. The van der Waals surface area contributed by atoms with Gasteiger partial charge in [0.15, 0.2) is 4.80 Å². The van der Waals surface area contributed by atoms with Crippen LogP contribution in [0.1, 0.15) is 17.3 Å². The van der Waals surface area contributed by atoms with Gasteiger partial charge in [0.25, 0.3) is 15.9 Å². The number of amides is 1. The van der Waals surface area contributed by atoms with Gasteiger partial charge in [0, 0.05) is 22.8 Å². The standard InChI is InChI=1S/C25H22ClN3O4S2/c1-3-14-29-22-13-10-20(33-4-2)16-23(22)34-25(29)27-24(30)17-6-5-7-19(15-17)28-35(31,32)21-11-8-18(26)9-12-21/h3,5-13,15-16,28H,1,4,14H2,2H3. The number of allylic oxidation sites excluding steroid dienone is 1. The highest BCUT2D eigenvalue weighted by Gasteiger charge is 2.15. The fourth-order valence-electron chi connectivity index (χ4n) is 3.40. The second-order valence-corrected chi connectivity index (χ2v) is 10.5. The van der Waals surface area contributed by atoms with E-state index >= 15 is 0 Å². The van der Waals surface area contributed by atoms with E-state index < -0.39 is 15.9 Å². The van der Waals surface area contributed by atoms with E-state index in [1.807, 2.05) is 29.7 Å². The van der Waals surface area contributed by atoms with E-state index in [0.29, 0.717) is 23.0 Å². The van der Waals surface area contributed by atoms with Crippen molar-refractivity contribution in [1.82, 2.24) is 4.57 Å². The van der Waals surface area contributed by atoms with Crippen molar-refractivity contribution >= 4 is 54.8 Å². The second kappa shape index (κ2) is 10.5. The highest BCUT2D eigenvalue weighted by Crippen LogP contribution is 2.24. The molecule has 0 fully saturated rings. The Labute approximate surface area is 212 Å². The van der Waals surface area contributed by atoms with Crippen LogP contribution in [-0.2, 0) is 16.6 Å². The number of nitrogens with zero attached hydrogens (tertiary/aromatic N) is 2. The summed E-state index contributed by atoms with van der Waals surface area (Å²) >= 11 is 7.21. The Hall–Kier alpha value is -3.40. The Morgan fingerprint density at radius 1 is 1.17 bits per heavy atom. The zero-order valence-electron chi connectivity index (χ0n) is 18.8. The number of anilines is 1. The predicted molar refractivity (Wildman–Crippen MR) is 140 cm³/mol. The molecule has 3 aromatic carbocycles. The third-order valence-electron chi connectivity index (χ3n) is 4.96. The van der Waals surface area contributed by atoms with Gasteiger partial charge in [-0.25, -0.2) is 8.42 Å². The molecule has 35 heavy (non-hydrogen) atoms. The molecule has 4 aromatic rings. The molecule has 0 saturated carbocycles. The first kappa shape index (κ1) is 24.7. The highest BCUT2D eigenvalue weighted by atomic mass is 35.5. The zero-order valence-corrected chi connectivity index (χ0v) is 21.2. The number of ether oxygens (including phenoxy) is 1. The van der Waals surface area contributed by atoms with Gasteiger partial charge in [0.1, 0.15) is 5.75 Å². The number of sulfonamides is 1. The quantitative estimate of drug-likeness (QED) is 0.307. The first-order chi connectivity index (χ1) is 16.8. The first-order valence-corrected chi connectivity index (χ1v) is 13.3. The molecule has 180 valence electrons. The SMILES string of the molecule is C=CCn1c(=NC(=O)c2cccc(NS(=O)(=O)c3ccc(Cl)cc3)c2)sc2cc(OCC)ccc21. The van der Waals surface area contributed by atoms with Crippen LogP contribution in [0.4, 0.5) is 5.69 Å². The number of hydrogen-bond donors (Lipinski definition) is 1. The molecule has 0 atom stereocenters.